The Hall–Kier alpha value is -2.66. The number of allylic oxidation sites excluding steroid dienone is 12. The molecule has 0 atom stereocenters. The van der Waals surface area contributed by atoms with Gasteiger partial charge in [0.25, 0.3) is 0 Å². The van der Waals surface area contributed by atoms with Crippen molar-refractivity contribution in [2.24, 2.45) is 5.92 Å². The maximum Gasteiger partial charge on any atom is 0.305 e. The summed E-state index contributed by atoms with van der Waals surface area (Å²) in [6.07, 6.45) is 46.4. The normalized spacial score (nSPS) is 12.4. The van der Waals surface area contributed by atoms with Gasteiger partial charge >= 0.3 is 11.9 Å². The minimum Gasteiger partial charge on any atom is -0.465 e. The highest BCUT2D eigenvalue weighted by Crippen LogP contribution is 2.11. The lowest BCUT2D eigenvalue weighted by atomic mass is 10.1. The van der Waals surface area contributed by atoms with Crippen molar-refractivity contribution in [3.8, 4) is 0 Å². The van der Waals surface area contributed by atoms with Crippen LogP contribution in [0.25, 0.3) is 0 Å². The fourth-order valence-electron chi connectivity index (χ4n) is 4.50. The molecule has 0 fully saturated rings. The predicted octanol–water partition coefficient (Wildman–Crippen LogP) is 10.9. The Balaban J connectivity index is 3.65. The van der Waals surface area contributed by atoms with E-state index in [1.807, 2.05) is 0 Å². The molecule has 0 spiro atoms. The summed E-state index contributed by atoms with van der Waals surface area (Å²) in [4.78, 5) is 24.1. The van der Waals surface area contributed by atoms with Crippen LogP contribution in [-0.4, -0.2) is 36.9 Å². The number of ether oxygens (including phenoxy) is 2. The van der Waals surface area contributed by atoms with Crippen molar-refractivity contribution in [3.05, 3.63) is 72.9 Å². The Morgan fingerprint density at radius 3 is 1.20 bits per heavy atom. The molecule has 0 radical (unpaired) electrons. The lowest BCUT2D eigenvalue weighted by Gasteiger charge is -2.15. The molecule has 0 saturated carbocycles. The van der Waals surface area contributed by atoms with Crippen LogP contribution in [-0.2, 0) is 19.1 Å². The molecule has 0 unspecified atom stereocenters. The van der Waals surface area contributed by atoms with E-state index in [-0.39, 0.29) is 37.7 Å². The van der Waals surface area contributed by atoms with Crippen molar-refractivity contribution in [2.75, 3.05) is 19.8 Å². The number of rotatable bonds is 31. The monoisotopic (exact) mass is 626 g/mol. The van der Waals surface area contributed by atoms with E-state index in [9.17, 15) is 14.7 Å². The van der Waals surface area contributed by atoms with Crippen LogP contribution in [0.4, 0.5) is 0 Å². The van der Waals surface area contributed by atoms with Gasteiger partial charge in [0.05, 0.1) is 25.7 Å². The summed E-state index contributed by atoms with van der Waals surface area (Å²) >= 11 is 0. The maximum absolute atomic E-state index is 12.1. The first-order chi connectivity index (χ1) is 22.1. The molecule has 0 rings (SSSR count). The van der Waals surface area contributed by atoms with Crippen LogP contribution in [0.2, 0.25) is 0 Å². The second kappa shape index (κ2) is 35.8. The maximum atomic E-state index is 12.1. The van der Waals surface area contributed by atoms with Crippen LogP contribution in [0.5, 0.6) is 0 Å². The number of carbonyl (C=O) groups excluding carboxylic acids is 2. The first kappa shape index (κ1) is 42.3. The van der Waals surface area contributed by atoms with Gasteiger partial charge in [-0.2, -0.15) is 0 Å². The summed E-state index contributed by atoms with van der Waals surface area (Å²) in [6.45, 7) is 4.28. The molecule has 0 aromatic carbocycles. The third-order valence-electron chi connectivity index (χ3n) is 7.28. The molecule has 0 saturated heterocycles. The summed E-state index contributed by atoms with van der Waals surface area (Å²) in [5, 5.41) is 9.58. The van der Waals surface area contributed by atoms with Crippen LogP contribution in [0.1, 0.15) is 142 Å². The van der Waals surface area contributed by atoms with Crippen LogP contribution in [0.15, 0.2) is 72.9 Å². The first-order valence-corrected chi connectivity index (χ1v) is 18.0. The zero-order chi connectivity index (χ0) is 32.9. The fraction of sp³-hybridized carbons (Fsp3) is 0.650. The molecule has 5 nitrogen and oxygen atoms in total. The van der Waals surface area contributed by atoms with E-state index in [0.717, 1.165) is 89.9 Å². The average Bonchev–Trinajstić information content (AvgIpc) is 3.04. The van der Waals surface area contributed by atoms with Gasteiger partial charge in [-0.1, -0.05) is 125 Å². The van der Waals surface area contributed by atoms with E-state index < -0.39 is 0 Å². The second-order valence-electron chi connectivity index (χ2n) is 11.6. The molecular weight excluding hydrogens is 560 g/mol. The molecule has 0 amide bonds. The standard InChI is InChI=1S/C40H66O5/c1-3-5-7-9-11-13-15-17-19-21-23-25-27-29-31-33-39(42)44-36-38(35-41)37-45-40(43)34-32-30-28-26-24-22-20-18-16-14-12-10-8-6-4-2/h5-8,11-14,17-20,38,41H,3-4,9-10,15-16,21-37H2,1-2H3/b7-5-,8-6-,13-11-,14-12-,19-17-,20-18-. The summed E-state index contributed by atoms with van der Waals surface area (Å²) in [5.74, 6) is -0.867. The minimum atomic E-state index is -0.374. The Labute approximate surface area is 276 Å². The molecule has 0 bridgehead atoms. The molecule has 0 heterocycles. The smallest absolute Gasteiger partial charge is 0.305 e. The fourth-order valence-corrected chi connectivity index (χ4v) is 4.50. The van der Waals surface area contributed by atoms with Gasteiger partial charge in [0.1, 0.15) is 0 Å². The first-order valence-electron chi connectivity index (χ1n) is 18.0. The van der Waals surface area contributed by atoms with Gasteiger partial charge in [0.15, 0.2) is 0 Å². The summed E-state index contributed by atoms with van der Waals surface area (Å²) in [7, 11) is 0. The van der Waals surface area contributed by atoms with Crippen molar-refractivity contribution in [2.45, 2.75) is 142 Å². The number of unbranched alkanes of at least 4 members (excludes halogenated alkanes) is 10. The SMILES string of the molecule is CC/C=C\C/C=C\C/C=C\CCCCCCCC(=O)OCC(CO)COC(=O)CCCCCCC/C=C\C/C=C\C/C=C\CC. The van der Waals surface area contributed by atoms with Crippen LogP contribution in [0, 0.1) is 5.92 Å². The van der Waals surface area contributed by atoms with Crippen molar-refractivity contribution >= 4 is 11.9 Å². The lowest BCUT2D eigenvalue weighted by molar-refractivity contribution is -0.149. The van der Waals surface area contributed by atoms with Gasteiger partial charge in [0.2, 0.25) is 0 Å². The predicted molar refractivity (Wildman–Crippen MR) is 191 cm³/mol. The molecule has 0 aliphatic rings. The van der Waals surface area contributed by atoms with Gasteiger partial charge in [-0.25, -0.2) is 0 Å². The van der Waals surface area contributed by atoms with E-state index in [4.69, 9.17) is 9.47 Å². The van der Waals surface area contributed by atoms with E-state index in [2.05, 4.69) is 86.8 Å². The topological polar surface area (TPSA) is 72.8 Å². The summed E-state index contributed by atoms with van der Waals surface area (Å²) < 4.78 is 10.6. The Bertz CT molecular complexity index is 781. The highest BCUT2D eigenvalue weighted by Gasteiger charge is 2.14. The number of hydrogen-bond acceptors (Lipinski definition) is 5. The van der Waals surface area contributed by atoms with Gasteiger partial charge < -0.3 is 14.6 Å². The Morgan fingerprint density at radius 2 is 0.822 bits per heavy atom. The number of aliphatic hydroxyl groups is 1. The van der Waals surface area contributed by atoms with Crippen molar-refractivity contribution < 1.29 is 24.2 Å². The van der Waals surface area contributed by atoms with Crippen molar-refractivity contribution in [3.63, 3.8) is 0 Å². The number of aliphatic hydroxyl groups excluding tert-OH is 1. The van der Waals surface area contributed by atoms with E-state index in [1.165, 1.54) is 25.7 Å². The largest absolute Gasteiger partial charge is 0.465 e. The lowest BCUT2D eigenvalue weighted by Crippen LogP contribution is -2.23. The van der Waals surface area contributed by atoms with E-state index in [1.54, 1.807) is 0 Å². The van der Waals surface area contributed by atoms with Crippen molar-refractivity contribution in [1.29, 1.82) is 0 Å². The average molecular weight is 627 g/mol. The van der Waals surface area contributed by atoms with Crippen LogP contribution < -0.4 is 0 Å². The highest BCUT2D eigenvalue weighted by molar-refractivity contribution is 5.69. The van der Waals surface area contributed by atoms with Gasteiger partial charge in [-0.05, 0) is 77.0 Å². The zero-order valence-corrected chi connectivity index (χ0v) is 28.8. The second-order valence-corrected chi connectivity index (χ2v) is 11.6. The molecule has 0 aliphatic heterocycles. The number of carbonyl (C=O) groups is 2. The molecule has 0 aliphatic carbocycles. The summed E-state index contributed by atoms with van der Waals surface area (Å²) in [6, 6.07) is 0. The highest BCUT2D eigenvalue weighted by atomic mass is 16.5. The third kappa shape index (κ3) is 34.1. The van der Waals surface area contributed by atoms with Gasteiger partial charge in [-0.15, -0.1) is 0 Å². The van der Waals surface area contributed by atoms with Gasteiger partial charge in [-0.3, -0.25) is 9.59 Å². The summed E-state index contributed by atoms with van der Waals surface area (Å²) in [5.41, 5.74) is 0. The molecule has 0 aromatic heterocycles. The Morgan fingerprint density at radius 1 is 0.489 bits per heavy atom. The zero-order valence-electron chi connectivity index (χ0n) is 28.8. The van der Waals surface area contributed by atoms with E-state index in [0.29, 0.717) is 12.8 Å². The molecule has 45 heavy (non-hydrogen) atoms. The quantitative estimate of drug-likeness (QED) is 0.0471. The van der Waals surface area contributed by atoms with Crippen LogP contribution >= 0.6 is 0 Å². The van der Waals surface area contributed by atoms with Crippen molar-refractivity contribution in [1.82, 2.24) is 0 Å². The third-order valence-corrected chi connectivity index (χ3v) is 7.28. The van der Waals surface area contributed by atoms with E-state index >= 15 is 0 Å². The minimum absolute atomic E-state index is 0.0839. The molecule has 5 heteroatoms. The molecule has 0 aromatic rings. The Kier molecular flexibility index (Phi) is 33.7. The van der Waals surface area contributed by atoms with Gasteiger partial charge in [0, 0.05) is 12.8 Å². The van der Waals surface area contributed by atoms with Crippen LogP contribution in [0.3, 0.4) is 0 Å². The number of esters is 2. The molecule has 256 valence electrons. The number of hydrogen-bond donors (Lipinski definition) is 1. The molecule has 1 N–H and O–H groups in total. The molecular formula is C40H66O5.